The number of hydrogen-bond donors (Lipinski definition) is 2. The van der Waals surface area contributed by atoms with E-state index in [-0.39, 0.29) is 12.6 Å². The van der Waals surface area contributed by atoms with Crippen LogP contribution in [0.5, 0.6) is 0 Å². The molecule has 43 valence electrons. The van der Waals surface area contributed by atoms with E-state index < -0.39 is 0 Å². The summed E-state index contributed by atoms with van der Waals surface area (Å²) >= 11 is 2.79. The zero-order valence-corrected chi connectivity index (χ0v) is 5.62. The van der Waals surface area contributed by atoms with Crippen molar-refractivity contribution in [3.63, 3.8) is 0 Å². The molecule has 1 unspecified atom stereocenters. The van der Waals surface area contributed by atoms with Gasteiger partial charge in [-0.25, -0.2) is 0 Å². The standard InChI is InChI=1S/C4H10NO.Cr/c1-4(3-6)5-2;/h4-6H,2-3H2,1H3;. The fraction of sp³-hybridized carbons (Fsp3) is 1.00. The summed E-state index contributed by atoms with van der Waals surface area (Å²) in [5.41, 5.74) is 0. The van der Waals surface area contributed by atoms with Crippen LogP contribution in [0.4, 0.5) is 0 Å². The second-order valence-electron chi connectivity index (χ2n) is 1.43. The Morgan fingerprint density at radius 3 is 2.57 bits per heavy atom. The third kappa shape index (κ3) is 4.30. The summed E-state index contributed by atoms with van der Waals surface area (Å²) in [5.74, 6) is 0. The van der Waals surface area contributed by atoms with Crippen LogP contribution >= 0.6 is 0 Å². The molecule has 0 aliphatic carbocycles. The Kier molecular flexibility index (Phi) is 4.91. The van der Waals surface area contributed by atoms with Gasteiger partial charge in [-0.1, -0.05) is 0 Å². The van der Waals surface area contributed by atoms with Crippen molar-refractivity contribution in [2.45, 2.75) is 13.0 Å². The van der Waals surface area contributed by atoms with Gasteiger partial charge in [0.2, 0.25) is 0 Å². The average molecular weight is 140 g/mol. The summed E-state index contributed by atoms with van der Waals surface area (Å²) in [6.45, 7) is 2.14. The first-order valence-corrected chi connectivity index (χ1v) is 3.13. The Balaban J connectivity index is 2.83. The minimum absolute atomic E-state index is 0.210. The Hall–Kier alpha value is 0.452. The van der Waals surface area contributed by atoms with Gasteiger partial charge in [0.05, 0.1) is 0 Å². The number of nitrogens with one attached hydrogen (secondary N) is 1. The third-order valence-electron chi connectivity index (χ3n) is 0.706. The summed E-state index contributed by atoms with van der Waals surface area (Å²) < 4.78 is 0. The van der Waals surface area contributed by atoms with E-state index in [2.05, 4.69) is 21.6 Å². The van der Waals surface area contributed by atoms with Gasteiger partial charge >= 0.3 is 51.7 Å². The molecule has 0 aliphatic heterocycles. The average Bonchev–Trinajstić information content (AvgIpc) is 1.68. The summed E-state index contributed by atoms with van der Waals surface area (Å²) in [5, 5.41) is 12.2. The molecule has 0 bridgehead atoms. The number of rotatable bonds is 3. The Bertz CT molecular complexity index is 42.7. The SMILES string of the molecule is CC(CO)N[CH2][Cr]. The minimum atomic E-state index is 0.210. The Morgan fingerprint density at radius 1 is 1.86 bits per heavy atom. The quantitative estimate of drug-likeness (QED) is 0.552. The maximum atomic E-state index is 8.39. The van der Waals surface area contributed by atoms with Gasteiger partial charge in [-0.3, -0.25) is 0 Å². The van der Waals surface area contributed by atoms with E-state index in [9.17, 15) is 0 Å². The molecule has 7 heavy (non-hydrogen) atoms. The van der Waals surface area contributed by atoms with Gasteiger partial charge in [0.15, 0.2) is 0 Å². The van der Waals surface area contributed by atoms with E-state index in [0.29, 0.717) is 0 Å². The van der Waals surface area contributed by atoms with Crippen molar-refractivity contribution in [3.05, 3.63) is 0 Å². The molecular weight excluding hydrogens is 130 g/mol. The van der Waals surface area contributed by atoms with Crippen molar-refractivity contribution < 1.29 is 21.4 Å². The fourth-order valence-electron chi connectivity index (χ4n) is 0.207. The van der Waals surface area contributed by atoms with Gasteiger partial charge in [-0.15, -0.1) is 0 Å². The molecule has 0 aliphatic rings. The summed E-state index contributed by atoms with van der Waals surface area (Å²) in [6.07, 6.45) is 0. The molecule has 0 amide bonds. The number of aliphatic hydroxyl groups is 1. The van der Waals surface area contributed by atoms with E-state index >= 15 is 0 Å². The molecule has 0 spiro atoms. The number of aliphatic hydroxyl groups excluding tert-OH is 1. The van der Waals surface area contributed by atoms with E-state index in [0.717, 1.165) is 5.41 Å². The molecule has 0 aromatic carbocycles. The fourth-order valence-corrected chi connectivity index (χ4v) is 0.651. The second kappa shape index (κ2) is 4.61. The first kappa shape index (κ1) is 7.45. The van der Waals surface area contributed by atoms with Crippen LogP contribution in [0.3, 0.4) is 0 Å². The summed E-state index contributed by atoms with van der Waals surface area (Å²) in [6, 6.07) is 0.223. The van der Waals surface area contributed by atoms with Crippen molar-refractivity contribution in [3.8, 4) is 0 Å². The van der Waals surface area contributed by atoms with Gasteiger partial charge in [0.25, 0.3) is 0 Å². The van der Waals surface area contributed by atoms with Gasteiger partial charge in [-0.2, -0.15) is 0 Å². The third-order valence-corrected chi connectivity index (χ3v) is 0.966. The van der Waals surface area contributed by atoms with Crippen molar-refractivity contribution in [1.29, 1.82) is 0 Å². The molecule has 0 fully saturated rings. The first-order valence-electron chi connectivity index (χ1n) is 2.23. The van der Waals surface area contributed by atoms with Crippen LogP contribution in [0.15, 0.2) is 0 Å². The monoisotopic (exact) mass is 140 g/mol. The van der Waals surface area contributed by atoms with Crippen LogP contribution in [0.1, 0.15) is 6.92 Å². The molecule has 0 aromatic heterocycles. The van der Waals surface area contributed by atoms with E-state index in [1.165, 1.54) is 0 Å². The molecule has 3 heteroatoms. The molecule has 2 nitrogen and oxygen atoms in total. The van der Waals surface area contributed by atoms with Crippen LogP contribution in [0.2, 0.25) is 0 Å². The molecule has 2 N–H and O–H groups in total. The van der Waals surface area contributed by atoms with Gasteiger partial charge in [-0.05, 0) is 0 Å². The zero-order chi connectivity index (χ0) is 5.70. The van der Waals surface area contributed by atoms with Gasteiger partial charge in [0, 0.05) is 0 Å². The van der Waals surface area contributed by atoms with Gasteiger partial charge < -0.3 is 0 Å². The molecule has 1 atom stereocenters. The van der Waals surface area contributed by atoms with Crippen LogP contribution in [0, 0.1) is 0 Å². The second-order valence-corrected chi connectivity index (χ2v) is 1.88. The van der Waals surface area contributed by atoms with Crippen molar-refractivity contribution in [2.24, 2.45) is 0 Å². The Labute approximate surface area is 52.3 Å². The molecule has 0 rings (SSSR count). The molecular formula is C4H10CrNO. The first-order chi connectivity index (χ1) is 3.31. The van der Waals surface area contributed by atoms with Crippen LogP contribution in [-0.2, 0) is 16.3 Å². The molecule has 0 aromatic rings. The number of hydrogen-bond acceptors (Lipinski definition) is 2. The molecule has 0 radical (unpaired) electrons. The molecule has 0 saturated heterocycles. The normalized spacial score (nSPS) is 14.0. The van der Waals surface area contributed by atoms with Crippen molar-refractivity contribution in [1.82, 2.24) is 5.32 Å². The maximum absolute atomic E-state index is 8.39. The topological polar surface area (TPSA) is 32.3 Å². The van der Waals surface area contributed by atoms with Gasteiger partial charge in [0.1, 0.15) is 0 Å². The Morgan fingerprint density at radius 2 is 2.43 bits per heavy atom. The van der Waals surface area contributed by atoms with E-state index in [1.807, 2.05) is 6.92 Å². The summed E-state index contributed by atoms with van der Waals surface area (Å²) in [4.78, 5) is 0. The van der Waals surface area contributed by atoms with Crippen molar-refractivity contribution >= 4 is 0 Å². The van der Waals surface area contributed by atoms with Crippen LogP contribution in [0.25, 0.3) is 0 Å². The van der Waals surface area contributed by atoms with Crippen LogP contribution in [-0.4, -0.2) is 23.2 Å². The van der Waals surface area contributed by atoms with E-state index in [1.54, 1.807) is 0 Å². The predicted molar refractivity (Wildman–Crippen MR) is 24.6 cm³/mol. The zero-order valence-electron chi connectivity index (χ0n) is 4.35. The predicted octanol–water partition coefficient (Wildman–Crippen LogP) is -0.539. The van der Waals surface area contributed by atoms with Crippen LogP contribution < -0.4 is 5.32 Å². The summed E-state index contributed by atoms with van der Waals surface area (Å²) in [7, 11) is 0. The molecule has 0 heterocycles. The molecule has 0 saturated carbocycles. The van der Waals surface area contributed by atoms with E-state index in [4.69, 9.17) is 5.11 Å². The van der Waals surface area contributed by atoms with Crippen molar-refractivity contribution in [2.75, 3.05) is 12.0 Å².